The minimum Gasteiger partial charge on any atom is -0.350 e. The van der Waals surface area contributed by atoms with Gasteiger partial charge in [-0.25, -0.2) is 0 Å². The number of aryl methyl sites for hydroxylation is 1. The quantitative estimate of drug-likeness (QED) is 0.708. The van der Waals surface area contributed by atoms with Gasteiger partial charge in [-0.3, -0.25) is 0 Å². The highest BCUT2D eigenvalue weighted by Gasteiger charge is 1.97. The molecule has 0 atom stereocenters. The molecule has 0 spiro atoms. The van der Waals surface area contributed by atoms with Gasteiger partial charge in [0.15, 0.2) is 0 Å². The fraction of sp³-hybridized carbons (Fsp3) is 0.600. The van der Waals surface area contributed by atoms with Crippen LogP contribution in [0.25, 0.3) is 0 Å². The molecule has 0 saturated heterocycles. The fourth-order valence-corrected chi connectivity index (χ4v) is 1.32. The van der Waals surface area contributed by atoms with Crippen LogP contribution in [0.15, 0.2) is 18.3 Å². The zero-order chi connectivity index (χ0) is 8.81. The second-order valence-electron chi connectivity index (χ2n) is 2.97. The monoisotopic (exact) mass is 166 g/mol. The molecule has 0 aliphatic rings. The van der Waals surface area contributed by atoms with Gasteiger partial charge >= 0.3 is 0 Å². The SMILES string of the molecule is CCCn1cccc1CNCC. The van der Waals surface area contributed by atoms with Gasteiger partial charge in [-0.2, -0.15) is 0 Å². The van der Waals surface area contributed by atoms with Crippen molar-refractivity contribution in [3.63, 3.8) is 0 Å². The molecule has 0 bridgehead atoms. The molecule has 1 heterocycles. The summed E-state index contributed by atoms with van der Waals surface area (Å²) < 4.78 is 2.31. The third kappa shape index (κ3) is 2.38. The number of hydrogen-bond acceptors (Lipinski definition) is 1. The standard InChI is InChI=1S/C10H18N2/c1-3-7-12-8-5-6-10(12)9-11-4-2/h5-6,8,11H,3-4,7,9H2,1-2H3. The number of rotatable bonds is 5. The Morgan fingerprint density at radius 1 is 1.42 bits per heavy atom. The van der Waals surface area contributed by atoms with E-state index in [1.807, 2.05) is 0 Å². The van der Waals surface area contributed by atoms with Crippen LogP contribution < -0.4 is 5.32 Å². The Bertz CT molecular complexity index is 215. The van der Waals surface area contributed by atoms with Crippen molar-refractivity contribution in [3.05, 3.63) is 24.0 Å². The second-order valence-corrected chi connectivity index (χ2v) is 2.97. The van der Waals surface area contributed by atoms with Crippen LogP contribution in [0.5, 0.6) is 0 Å². The third-order valence-electron chi connectivity index (χ3n) is 1.94. The van der Waals surface area contributed by atoms with E-state index in [0.29, 0.717) is 0 Å². The molecule has 0 amide bonds. The van der Waals surface area contributed by atoms with Gasteiger partial charge in [-0.15, -0.1) is 0 Å². The van der Waals surface area contributed by atoms with E-state index in [0.717, 1.165) is 19.6 Å². The molecule has 0 fully saturated rings. The molecule has 1 aromatic heterocycles. The number of nitrogens with zero attached hydrogens (tertiary/aromatic N) is 1. The molecule has 0 aliphatic carbocycles. The normalized spacial score (nSPS) is 10.5. The topological polar surface area (TPSA) is 17.0 Å². The zero-order valence-electron chi connectivity index (χ0n) is 8.01. The highest BCUT2D eigenvalue weighted by Crippen LogP contribution is 2.02. The third-order valence-corrected chi connectivity index (χ3v) is 1.94. The van der Waals surface area contributed by atoms with Gasteiger partial charge in [0.25, 0.3) is 0 Å². The van der Waals surface area contributed by atoms with Crippen LogP contribution in [-0.4, -0.2) is 11.1 Å². The molecule has 68 valence electrons. The van der Waals surface area contributed by atoms with Gasteiger partial charge in [-0.1, -0.05) is 13.8 Å². The molecule has 0 radical (unpaired) electrons. The molecular formula is C10H18N2. The Kier molecular flexibility index (Phi) is 3.88. The minimum absolute atomic E-state index is 0.990. The molecule has 0 saturated carbocycles. The van der Waals surface area contributed by atoms with Crippen molar-refractivity contribution in [2.24, 2.45) is 0 Å². The van der Waals surface area contributed by atoms with E-state index in [4.69, 9.17) is 0 Å². The van der Waals surface area contributed by atoms with E-state index < -0.39 is 0 Å². The molecule has 12 heavy (non-hydrogen) atoms. The fourth-order valence-electron chi connectivity index (χ4n) is 1.32. The first-order valence-electron chi connectivity index (χ1n) is 4.73. The van der Waals surface area contributed by atoms with Crippen molar-refractivity contribution < 1.29 is 0 Å². The molecule has 1 N–H and O–H groups in total. The lowest BCUT2D eigenvalue weighted by Crippen LogP contribution is -2.15. The Balaban J connectivity index is 2.51. The van der Waals surface area contributed by atoms with Crippen molar-refractivity contribution in [2.75, 3.05) is 6.54 Å². The van der Waals surface area contributed by atoms with E-state index in [9.17, 15) is 0 Å². The summed E-state index contributed by atoms with van der Waals surface area (Å²) in [5, 5.41) is 3.33. The largest absolute Gasteiger partial charge is 0.350 e. The van der Waals surface area contributed by atoms with E-state index in [2.05, 4.69) is 42.1 Å². The molecular weight excluding hydrogens is 148 g/mol. The van der Waals surface area contributed by atoms with Crippen molar-refractivity contribution in [1.82, 2.24) is 9.88 Å². The van der Waals surface area contributed by atoms with Crippen LogP contribution in [0.2, 0.25) is 0 Å². The predicted octanol–water partition coefficient (Wildman–Crippen LogP) is 2.01. The molecule has 0 aliphatic heterocycles. The zero-order valence-corrected chi connectivity index (χ0v) is 8.01. The van der Waals surface area contributed by atoms with Crippen molar-refractivity contribution in [1.29, 1.82) is 0 Å². The maximum atomic E-state index is 3.33. The summed E-state index contributed by atoms with van der Waals surface area (Å²) in [6, 6.07) is 4.29. The van der Waals surface area contributed by atoms with Crippen molar-refractivity contribution >= 4 is 0 Å². The van der Waals surface area contributed by atoms with E-state index >= 15 is 0 Å². The highest BCUT2D eigenvalue weighted by molar-refractivity contribution is 5.06. The lowest BCUT2D eigenvalue weighted by atomic mass is 10.4. The molecule has 0 unspecified atom stereocenters. The summed E-state index contributed by atoms with van der Waals surface area (Å²) in [6.07, 6.45) is 3.35. The summed E-state index contributed by atoms with van der Waals surface area (Å²) in [4.78, 5) is 0. The average molecular weight is 166 g/mol. The van der Waals surface area contributed by atoms with Crippen LogP contribution in [0.4, 0.5) is 0 Å². The molecule has 1 aromatic rings. The predicted molar refractivity (Wildman–Crippen MR) is 52.1 cm³/mol. The van der Waals surface area contributed by atoms with E-state index in [-0.39, 0.29) is 0 Å². The Morgan fingerprint density at radius 2 is 2.25 bits per heavy atom. The Labute approximate surface area is 74.6 Å². The molecule has 2 heteroatoms. The maximum Gasteiger partial charge on any atom is 0.0359 e. The van der Waals surface area contributed by atoms with Gasteiger partial charge in [0.1, 0.15) is 0 Å². The smallest absolute Gasteiger partial charge is 0.0359 e. The summed E-state index contributed by atoms with van der Waals surface area (Å²) in [6.45, 7) is 7.50. The minimum atomic E-state index is 0.990. The maximum absolute atomic E-state index is 3.33. The second kappa shape index (κ2) is 4.99. The van der Waals surface area contributed by atoms with Gasteiger partial charge in [0.05, 0.1) is 0 Å². The van der Waals surface area contributed by atoms with Gasteiger partial charge in [0, 0.05) is 25.0 Å². The van der Waals surface area contributed by atoms with E-state index in [1.165, 1.54) is 12.1 Å². The first-order valence-corrected chi connectivity index (χ1v) is 4.73. The lowest BCUT2D eigenvalue weighted by Gasteiger charge is -2.07. The van der Waals surface area contributed by atoms with Crippen molar-refractivity contribution in [2.45, 2.75) is 33.4 Å². The van der Waals surface area contributed by atoms with Crippen LogP contribution in [0.3, 0.4) is 0 Å². The van der Waals surface area contributed by atoms with Crippen molar-refractivity contribution in [3.8, 4) is 0 Å². The summed E-state index contributed by atoms with van der Waals surface area (Å²) in [7, 11) is 0. The number of aromatic nitrogens is 1. The number of nitrogens with one attached hydrogen (secondary N) is 1. The molecule has 2 nitrogen and oxygen atoms in total. The van der Waals surface area contributed by atoms with Crippen LogP contribution >= 0.6 is 0 Å². The molecule has 0 aromatic carbocycles. The Hall–Kier alpha value is -0.760. The summed E-state index contributed by atoms with van der Waals surface area (Å²) in [5.41, 5.74) is 1.39. The van der Waals surface area contributed by atoms with Crippen LogP contribution in [0, 0.1) is 0 Å². The average Bonchev–Trinajstić information content (AvgIpc) is 2.50. The summed E-state index contributed by atoms with van der Waals surface area (Å²) >= 11 is 0. The first kappa shape index (κ1) is 9.33. The van der Waals surface area contributed by atoms with Gasteiger partial charge in [0.2, 0.25) is 0 Å². The highest BCUT2D eigenvalue weighted by atomic mass is 15.0. The van der Waals surface area contributed by atoms with Gasteiger partial charge < -0.3 is 9.88 Å². The molecule has 1 rings (SSSR count). The lowest BCUT2D eigenvalue weighted by molar-refractivity contribution is 0.612. The number of hydrogen-bond donors (Lipinski definition) is 1. The van der Waals surface area contributed by atoms with Crippen LogP contribution in [-0.2, 0) is 13.1 Å². The van der Waals surface area contributed by atoms with Gasteiger partial charge in [-0.05, 0) is 25.1 Å². The summed E-state index contributed by atoms with van der Waals surface area (Å²) in [5.74, 6) is 0. The van der Waals surface area contributed by atoms with E-state index in [1.54, 1.807) is 0 Å². The van der Waals surface area contributed by atoms with Crippen LogP contribution in [0.1, 0.15) is 26.0 Å². The first-order chi connectivity index (χ1) is 5.88. The Morgan fingerprint density at radius 3 is 2.92 bits per heavy atom.